The van der Waals surface area contributed by atoms with Crippen LogP contribution in [0.4, 0.5) is 0 Å². The van der Waals surface area contributed by atoms with Crippen molar-refractivity contribution in [1.29, 1.82) is 0 Å². The monoisotopic (exact) mass is 637 g/mol. The van der Waals surface area contributed by atoms with Crippen molar-refractivity contribution in [3.63, 3.8) is 0 Å². The van der Waals surface area contributed by atoms with Crippen molar-refractivity contribution in [3.8, 4) is 22.4 Å². The average molecular weight is 638 g/mol. The van der Waals surface area contributed by atoms with Gasteiger partial charge in [-0.25, -0.2) is 4.98 Å². The van der Waals surface area contributed by atoms with Crippen LogP contribution in [0.15, 0.2) is 170 Å². The second-order valence-electron chi connectivity index (χ2n) is 11.8. The minimum absolute atomic E-state index is 0.814. The first kappa shape index (κ1) is 27.9. The number of hydrogen-bond donors (Lipinski definition) is 0. The molecule has 0 unspecified atom stereocenters. The van der Waals surface area contributed by atoms with Gasteiger partial charge < -0.3 is 4.57 Å². The van der Waals surface area contributed by atoms with Gasteiger partial charge in [0, 0.05) is 47.9 Å². The second kappa shape index (κ2) is 11.2. The molecular weight excluding hydrogens is 610 g/mol. The molecule has 7 aromatic carbocycles. The van der Waals surface area contributed by atoms with E-state index in [9.17, 15) is 0 Å². The molecule has 9 rings (SSSR count). The van der Waals surface area contributed by atoms with Crippen LogP contribution < -0.4 is 15.9 Å². The van der Waals surface area contributed by atoms with E-state index in [0.29, 0.717) is 0 Å². The molecule has 0 N–H and O–H groups in total. The number of hydrogen-bond acceptors (Lipinski definition) is 3. The Hall–Kier alpha value is -5.34. The molecule has 0 aliphatic rings. The molecule has 2 aromatic heterocycles. The summed E-state index contributed by atoms with van der Waals surface area (Å²) >= 11 is 1.82. The Balaban J connectivity index is 1.29. The smallest absolute Gasteiger partial charge is 0.171 e. The van der Waals surface area contributed by atoms with Crippen molar-refractivity contribution in [2.45, 2.75) is 0 Å². The third kappa shape index (κ3) is 4.47. The lowest BCUT2D eigenvalue weighted by Crippen LogP contribution is -2.24. The molecule has 0 saturated carbocycles. The Morgan fingerprint density at radius 1 is 0.468 bits per heavy atom. The zero-order valence-electron chi connectivity index (χ0n) is 25.4. The zero-order valence-corrected chi connectivity index (χ0v) is 27.1. The Kier molecular flexibility index (Phi) is 6.64. The molecule has 0 aliphatic carbocycles. The second-order valence-corrected chi connectivity index (χ2v) is 15.6. The summed E-state index contributed by atoms with van der Waals surface area (Å²) in [6.07, 6.45) is 0. The lowest BCUT2D eigenvalue weighted by molar-refractivity contribution is 0.592. The minimum Gasteiger partial charge on any atom is -0.309 e. The van der Waals surface area contributed by atoms with Crippen molar-refractivity contribution in [2.24, 2.45) is 0 Å². The minimum atomic E-state index is -3.07. The van der Waals surface area contributed by atoms with Crippen LogP contribution in [-0.4, -0.2) is 4.98 Å². The van der Waals surface area contributed by atoms with Gasteiger partial charge >= 0.3 is 0 Å². The summed E-state index contributed by atoms with van der Waals surface area (Å²) in [5, 5.41) is 8.51. The normalized spacial score (nSPS) is 11.9. The van der Waals surface area contributed by atoms with Gasteiger partial charge in [-0.3, -0.25) is 0 Å². The summed E-state index contributed by atoms with van der Waals surface area (Å²) in [7, 11) is -3.07. The van der Waals surface area contributed by atoms with Gasteiger partial charge in [0.25, 0.3) is 0 Å². The first-order valence-corrected chi connectivity index (χ1v) is 18.3. The summed E-state index contributed by atoms with van der Waals surface area (Å²) in [6, 6.07) is 58.2. The standard InChI is InChI=1S/C43H28NOPS/c45-46(31-15-3-1-4-16-31,32-17-5-2-6-18-32)33-27-25-30(26-28-33)35-21-12-23-38-40-37-20-9-10-24-39(37)47-43(40)42(44-41(35)38)36-22-11-14-29-13-7-8-19-34(29)36/h1-28H. The van der Waals surface area contributed by atoms with E-state index in [2.05, 4.69) is 97.1 Å². The van der Waals surface area contributed by atoms with Crippen molar-refractivity contribution in [3.05, 3.63) is 170 Å². The molecule has 2 heterocycles. The van der Waals surface area contributed by atoms with Crippen LogP contribution in [0.2, 0.25) is 0 Å². The molecule has 0 amide bonds. The maximum Gasteiger partial charge on any atom is 0.171 e. The van der Waals surface area contributed by atoms with Crippen molar-refractivity contribution >= 4 is 76.2 Å². The fourth-order valence-electron chi connectivity index (χ4n) is 6.93. The van der Waals surface area contributed by atoms with Gasteiger partial charge in [0.2, 0.25) is 0 Å². The number of rotatable bonds is 5. The molecule has 0 spiro atoms. The van der Waals surface area contributed by atoms with E-state index in [1.807, 2.05) is 84.1 Å². The molecule has 0 radical (unpaired) electrons. The van der Waals surface area contributed by atoms with Gasteiger partial charge in [0.15, 0.2) is 7.14 Å². The Labute approximate surface area is 277 Å². The third-order valence-electron chi connectivity index (χ3n) is 9.17. The lowest BCUT2D eigenvalue weighted by Gasteiger charge is -2.20. The van der Waals surface area contributed by atoms with Gasteiger partial charge in [0.05, 0.1) is 15.9 Å². The highest BCUT2D eigenvalue weighted by atomic mass is 32.1. The van der Waals surface area contributed by atoms with Gasteiger partial charge in [-0.15, -0.1) is 11.3 Å². The van der Waals surface area contributed by atoms with E-state index >= 15 is 4.57 Å². The van der Waals surface area contributed by atoms with E-state index in [0.717, 1.165) is 49.2 Å². The SMILES string of the molecule is O=P(c1ccccc1)(c1ccccc1)c1ccc(-c2cccc3c2nc(-c2cccc4ccccc24)c2sc4ccccc4c23)cc1. The molecule has 0 fully saturated rings. The predicted molar refractivity (Wildman–Crippen MR) is 202 cm³/mol. The topological polar surface area (TPSA) is 30.0 Å². The predicted octanol–water partition coefficient (Wildman–Crippen LogP) is 10.7. The molecule has 47 heavy (non-hydrogen) atoms. The summed E-state index contributed by atoms with van der Waals surface area (Å²) in [6.45, 7) is 0. The van der Waals surface area contributed by atoms with Crippen LogP contribution in [0.3, 0.4) is 0 Å². The molecule has 0 aliphatic heterocycles. The quantitative estimate of drug-likeness (QED) is 0.176. The van der Waals surface area contributed by atoms with E-state index in [-0.39, 0.29) is 0 Å². The van der Waals surface area contributed by atoms with Crippen molar-refractivity contribution in [1.82, 2.24) is 4.98 Å². The number of nitrogens with zero attached hydrogens (tertiary/aromatic N) is 1. The first-order chi connectivity index (χ1) is 23.2. The Morgan fingerprint density at radius 2 is 1.02 bits per heavy atom. The Bertz CT molecular complexity index is 2600. The van der Waals surface area contributed by atoms with E-state index in [1.54, 1.807) is 0 Å². The summed E-state index contributed by atoms with van der Waals surface area (Å²) in [4.78, 5) is 5.52. The van der Waals surface area contributed by atoms with Crippen molar-refractivity contribution in [2.75, 3.05) is 0 Å². The van der Waals surface area contributed by atoms with E-state index in [1.165, 1.54) is 30.9 Å². The molecule has 0 atom stereocenters. The molecule has 0 bridgehead atoms. The zero-order chi connectivity index (χ0) is 31.4. The highest BCUT2D eigenvalue weighted by molar-refractivity contribution is 7.85. The number of aromatic nitrogens is 1. The average Bonchev–Trinajstić information content (AvgIpc) is 3.55. The fourth-order valence-corrected chi connectivity index (χ4v) is 10.8. The first-order valence-electron chi connectivity index (χ1n) is 15.7. The summed E-state index contributed by atoms with van der Waals surface area (Å²) < 4.78 is 17.5. The van der Waals surface area contributed by atoms with Gasteiger partial charge in [-0.05, 0) is 22.4 Å². The van der Waals surface area contributed by atoms with E-state index < -0.39 is 7.14 Å². The molecule has 2 nitrogen and oxygen atoms in total. The molecule has 0 saturated heterocycles. The van der Waals surface area contributed by atoms with Crippen LogP contribution in [0.25, 0.3) is 64.2 Å². The summed E-state index contributed by atoms with van der Waals surface area (Å²) in [5.41, 5.74) is 5.21. The molecule has 9 aromatic rings. The molecule has 222 valence electrons. The van der Waals surface area contributed by atoms with Gasteiger partial charge in [-0.2, -0.15) is 0 Å². The van der Waals surface area contributed by atoms with Gasteiger partial charge in [-0.1, -0.05) is 164 Å². The highest BCUT2D eigenvalue weighted by Gasteiger charge is 2.29. The molecule has 4 heteroatoms. The van der Waals surface area contributed by atoms with Crippen LogP contribution in [-0.2, 0) is 4.57 Å². The number of benzene rings is 7. The van der Waals surface area contributed by atoms with Crippen LogP contribution in [0.1, 0.15) is 0 Å². The maximum atomic E-state index is 15.0. The summed E-state index contributed by atoms with van der Waals surface area (Å²) in [5.74, 6) is 0. The highest BCUT2D eigenvalue weighted by Crippen LogP contribution is 2.46. The van der Waals surface area contributed by atoms with Crippen LogP contribution >= 0.6 is 18.5 Å². The lowest BCUT2D eigenvalue weighted by atomic mass is 9.96. The van der Waals surface area contributed by atoms with Gasteiger partial charge in [0.1, 0.15) is 0 Å². The number of fused-ring (bicyclic) bond motifs is 6. The maximum absolute atomic E-state index is 15.0. The van der Waals surface area contributed by atoms with E-state index in [4.69, 9.17) is 4.98 Å². The largest absolute Gasteiger partial charge is 0.309 e. The van der Waals surface area contributed by atoms with Crippen molar-refractivity contribution < 1.29 is 4.57 Å². The third-order valence-corrected chi connectivity index (χ3v) is 13.4. The van der Waals surface area contributed by atoms with Crippen LogP contribution in [0, 0.1) is 0 Å². The fraction of sp³-hybridized carbons (Fsp3) is 0. The Morgan fingerprint density at radius 3 is 1.77 bits per heavy atom. The number of thiophene rings is 1. The molecular formula is C43H28NOPS. The van der Waals surface area contributed by atoms with Crippen LogP contribution in [0.5, 0.6) is 0 Å². The number of pyridine rings is 1. The number of para-hydroxylation sites is 1.